The third-order valence-corrected chi connectivity index (χ3v) is 12.1. The summed E-state index contributed by atoms with van der Waals surface area (Å²) in [5.74, 6) is -2.03. The molecular weight excluding hydrogens is 692 g/mol. The molecule has 0 spiro atoms. The van der Waals surface area contributed by atoms with Crippen molar-refractivity contribution in [1.82, 2.24) is 0 Å². The standard InChI is InChI=1S/C43H74O11/c1-26-15-18-33(45)23-34-13-12-14-35(53-34)24-37(49-8)30(5)38(50-9)25-39(51-10)31(6)43(54-40(47)20-16-26)32(7)41(48)27(2)17-19-36(46)29(4)42(52-11)28(3)21-22-44/h12-13,15-16,20,27-35,37-39,41-45,48H,14,17-19,21-25H2,1-11H3/b20-16+,26-15+/t27-,28+,29-,30+,31-,32-,33-,34-,35-,37-,38-,39+,41-,42+,43-/m0/s1. The Kier molecular flexibility index (Phi) is 22.0. The molecule has 2 heterocycles. The lowest BCUT2D eigenvalue weighted by atomic mass is 9.78. The number of aliphatic hydroxyl groups is 3. The number of carbonyl (C=O) groups is 2. The maximum absolute atomic E-state index is 13.4. The molecule has 2 aliphatic heterocycles. The van der Waals surface area contributed by atoms with Crippen molar-refractivity contribution < 1.29 is 53.3 Å². The lowest BCUT2D eigenvalue weighted by Gasteiger charge is -2.39. The second kappa shape index (κ2) is 24.6. The highest BCUT2D eigenvalue weighted by Crippen LogP contribution is 2.34. The number of carbonyl (C=O) groups excluding carboxylic acids is 2. The van der Waals surface area contributed by atoms with Gasteiger partial charge in [-0.1, -0.05) is 71.4 Å². The molecule has 0 aromatic heterocycles. The van der Waals surface area contributed by atoms with E-state index in [2.05, 4.69) is 13.0 Å². The molecule has 0 fully saturated rings. The zero-order chi connectivity index (χ0) is 40.5. The SMILES string of the molecule is CO[C@H]([C@H](C)CCO)[C@@H](C)C(=O)CC[C@H](C)[C@H](O)[C@H](C)[C@H]1OC(=O)/C=C/C(C)=C/C[C@H](O)C[C@@H]2C=CC[C@@H](C[C@H](OC)[C@@H](C)[C@@H](OC)C[C@@H](OC)[C@@H]1C)O2. The molecule has 2 bridgehead atoms. The number of rotatable bonds is 15. The quantitative estimate of drug-likeness (QED) is 0.133. The number of hydrogen-bond donors (Lipinski definition) is 3. The number of ether oxygens (including phenoxy) is 6. The van der Waals surface area contributed by atoms with Crippen LogP contribution in [0.1, 0.15) is 99.8 Å². The minimum atomic E-state index is -0.890. The first-order valence-corrected chi connectivity index (χ1v) is 20.1. The zero-order valence-electron chi connectivity index (χ0n) is 35.0. The molecule has 312 valence electrons. The van der Waals surface area contributed by atoms with Crippen molar-refractivity contribution in [2.24, 2.45) is 35.5 Å². The third kappa shape index (κ3) is 14.8. The number of fused-ring (bicyclic) bond motifs is 2. The van der Waals surface area contributed by atoms with Crippen LogP contribution in [-0.2, 0) is 38.0 Å². The molecule has 0 saturated heterocycles. The predicted molar refractivity (Wildman–Crippen MR) is 210 cm³/mol. The average molecular weight is 767 g/mol. The van der Waals surface area contributed by atoms with Gasteiger partial charge in [0.25, 0.3) is 0 Å². The van der Waals surface area contributed by atoms with Crippen molar-refractivity contribution in [2.45, 2.75) is 155 Å². The smallest absolute Gasteiger partial charge is 0.331 e. The highest BCUT2D eigenvalue weighted by Gasteiger charge is 2.40. The zero-order valence-corrected chi connectivity index (χ0v) is 35.0. The Balaban J connectivity index is 2.38. The van der Waals surface area contributed by atoms with Gasteiger partial charge >= 0.3 is 5.97 Å². The van der Waals surface area contributed by atoms with E-state index in [-0.39, 0.29) is 78.9 Å². The van der Waals surface area contributed by atoms with Crippen molar-refractivity contribution in [3.8, 4) is 0 Å². The van der Waals surface area contributed by atoms with Crippen LogP contribution in [-0.4, -0.2) is 117 Å². The van der Waals surface area contributed by atoms with Gasteiger partial charge in [0.1, 0.15) is 11.9 Å². The van der Waals surface area contributed by atoms with Gasteiger partial charge in [-0.05, 0) is 44.4 Å². The molecule has 2 rings (SSSR count). The van der Waals surface area contributed by atoms with Crippen molar-refractivity contribution in [3.05, 3.63) is 36.0 Å². The number of ketones is 1. The second-order valence-electron chi connectivity index (χ2n) is 16.1. The molecule has 0 radical (unpaired) electrons. The lowest BCUT2D eigenvalue weighted by molar-refractivity contribution is -0.159. The summed E-state index contributed by atoms with van der Waals surface area (Å²) in [5, 5.41) is 32.0. The molecule has 11 heteroatoms. The molecule has 54 heavy (non-hydrogen) atoms. The Bertz CT molecular complexity index is 1190. The third-order valence-electron chi connectivity index (χ3n) is 12.1. The van der Waals surface area contributed by atoms with Gasteiger partial charge in [0.15, 0.2) is 0 Å². The molecular formula is C43H74O11. The number of esters is 1. The molecule has 0 aromatic rings. The van der Waals surface area contributed by atoms with E-state index in [9.17, 15) is 24.9 Å². The largest absolute Gasteiger partial charge is 0.458 e. The van der Waals surface area contributed by atoms with Gasteiger partial charge in [0.2, 0.25) is 0 Å². The highest BCUT2D eigenvalue weighted by molar-refractivity contribution is 5.82. The first kappa shape index (κ1) is 48.2. The monoisotopic (exact) mass is 767 g/mol. The first-order valence-electron chi connectivity index (χ1n) is 20.1. The highest BCUT2D eigenvalue weighted by atomic mass is 16.5. The van der Waals surface area contributed by atoms with Gasteiger partial charge in [0, 0.05) is 90.5 Å². The second-order valence-corrected chi connectivity index (χ2v) is 16.1. The number of methoxy groups -OCH3 is 4. The molecule has 0 unspecified atom stereocenters. The summed E-state index contributed by atoms with van der Waals surface area (Å²) in [6, 6.07) is 0. The maximum Gasteiger partial charge on any atom is 0.331 e. The molecule has 0 aromatic carbocycles. The minimum absolute atomic E-state index is 0.0190. The first-order chi connectivity index (χ1) is 25.6. The van der Waals surface area contributed by atoms with E-state index in [1.807, 2.05) is 53.7 Å². The summed E-state index contributed by atoms with van der Waals surface area (Å²) >= 11 is 0. The maximum atomic E-state index is 13.4. The van der Waals surface area contributed by atoms with Gasteiger partial charge in [0.05, 0.1) is 48.8 Å². The van der Waals surface area contributed by atoms with Crippen LogP contribution in [0.2, 0.25) is 0 Å². The average Bonchev–Trinajstić information content (AvgIpc) is 3.15. The molecule has 0 saturated carbocycles. The van der Waals surface area contributed by atoms with Crippen LogP contribution in [0.25, 0.3) is 0 Å². The molecule has 2 aliphatic rings. The summed E-state index contributed by atoms with van der Waals surface area (Å²) in [6.45, 7) is 13.6. The number of allylic oxidation sites excluding steroid dienone is 2. The van der Waals surface area contributed by atoms with E-state index >= 15 is 0 Å². The van der Waals surface area contributed by atoms with E-state index < -0.39 is 36.3 Å². The van der Waals surface area contributed by atoms with Gasteiger partial charge in [-0.15, -0.1) is 0 Å². The summed E-state index contributed by atoms with van der Waals surface area (Å²) in [7, 11) is 6.61. The van der Waals surface area contributed by atoms with Crippen LogP contribution in [0.4, 0.5) is 0 Å². The number of aliphatic hydroxyl groups excluding tert-OH is 3. The normalized spacial score (nSPS) is 34.3. The van der Waals surface area contributed by atoms with Crippen LogP contribution in [0.3, 0.4) is 0 Å². The van der Waals surface area contributed by atoms with E-state index in [1.165, 1.54) is 6.08 Å². The Morgan fingerprint density at radius 1 is 0.889 bits per heavy atom. The molecule has 0 aliphatic carbocycles. The fourth-order valence-corrected chi connectivity index (χ4v) is 8.31. The summed E-state index contributed by atoms with van der Waals surface area (Å²) in [4.78, 5) is 26.7. The van der Waals surface area contributed by atoms with Gasteiger partial charge in [-0.3, -0.25) is 4.79 Å². The van der Waals surface area contributed by atoms with Crippen molar-refractivity contribution in [2.75, 3.05) is 35.0 Å². The van der Waals surface area contributed by atoms with Crippen LogP contribution < -0.4 is 0 Å². The van der Waals surface area contributed by atoms with E-state index in [0.29, 0.717) is 38.5 Å². The van der Waals surface area contributed by atoms with Crippen molar-refractivity contribution >= 4 is 11.8 Å². The lowest BCUT2D eigenvalue weighted by Crippen LogP contribution is -2.46. The molecule has 0 amide bonds. The molecule has 3 N–H and O–H groups in total. The Morgan fingerprint density at radius 3 is 2.13 bits per heavy atom. The van der Waals surface area contributed by atoms with Gasteiger partial charge in [-0.2, -0.15) is 0 Å². The number of cyclic esters (lactones) is 1. The summed E-state index contributed by atoms with van der Waals surface area (Å²) in [5.41, 5.74) is 0.805. The van der Waals surface area contributed by atoms with Crippen LogP contribution in [0, 0.1) is 35.5 Å². The Labute approximate surface area is 325 Å². The van der Waals surface area contributed by atoms with Crippen molar-refractivity contribution in [3.63, 3.8) is 0 Å². The van der Waals surface area contributed by atoms with E-state index in [4.69, 9.17) is 28.4 Å². The molecule has 11 nitrogen and oxygen atoms in total. The number of Topliss-reactive ketones (excluding diaryl/α,β-unsaturated/α-hetero) is 1. The summed E-state index contributed by atoms with van der Waals surface area (Å²) in [6.07, 6.45) is 9.42. The minimum Gasteiger partial charge on any atom is -0.458 e. The van der Waals surface area contributed by atoms with Crippen LogP contribution >= 0.6 is 0 Å². The topological polar surface area (TPSA) is 150 Å². The van der Waals surface area contributed by atoms with E-state index in [1.54, 1.807) is 34.5 Å². The van der Waals surface area contributed by atoms with Crippen LogP contribution in [0.5, 0.6) is 0 Å². The fourth-order valence-electron chi connectivity index (χ4n) is 8.31. The number of hydrogen-bond acceptors (Lipinski definition) is 11. The summed E-state index contributed by atoms with van der Waals surface area (Å²) < 4.78 is 36.4. The van der Waals surface area contributed by atoms with E-state index in [0.717, 1.165) is 12.0 Å². The fraction of sp³-hybridized carbons (Fsp3) is 0.814. The predicted octanol–water partition coefficient (Wildman–Crippen LogP) is 6.02. The van der Waals surface area contributed by atoms with Crippen molar-refractivity contribution in [1.29, 1.82) is 0 Å². The van der Waals surface area contributed by atoms with Gasteiger partial charge < -0.3 is 43.7 Å². The molecule has 15 atom stereocenters. The Hall–Kier alpha value is -1.96. The Morgan fingerprint density at radius 2 is 1.52 bits per heavy atom. The van der Waals surface area contributed by atoms with Crippen LogP contribution in [0.15, 0.2) is 36.0 Å². The van der Waals surface area contributed by atoms with Gasteiger partial charge in [-0.25, -0.2) is 4.79 Å².